The molecule has 1 unspecified atom stereocenters. The van der Waals surface area contributed by atoms with Gasteiger partial charge in [-0.1, -0.05) is 18.2 Å². The molecule has 2 aromatic carbocycles. The molecule has 2 aromatic rings. The summed E-state index contributed by atoms with van der Waals surface area (Å²) in [5.41, 5.74) is 8.72. The summed E-state index contributed by atoms with van der Waals surface area (Å²) in [6.45, 7) is 2.34. The number of fused-ring (bicyclic) bond motifs is 1. The lowest BCUT2D eigenvalue weighted by molar-refractivity contribution is -0.115. The van der Waals surface area contributed by atoms with Gasteiger partial charge < -0.3 is 16.0 Å². The molecule has 0 aromatic heterocycles. The fraction of sp³-hybridized carbons (Fsp3) is 0.235. The first-order valence-corrected chi connectivity index (χ1v) is 7.24. The Morgan fingerprint density at radius 3 is 2.91 bits per heavy atom. The zero-order valence-electron chi connectivity index (χ0n) is 12.3. The Hall–Kier alpha value is -2.56. The van der Waals surface area contributed by atoms with Gasteiger partial charge in [-0.3, -0.25) is 4.79 Å². The lowest BCUT2D eigenvalue weighted by atomic mass is 10.1. The number of halogens is 1. The first-order chi connectivity index (χ1) is 10.5. The van der Waals surface area contributed by atoms with Crippen molar-refractivity contribution >= 4 is 23.0 Å². The number of hydrogen-bond donors (Lipinski definition) is 2. The SMILES string of the molecule is CC1Cc2ccccc2N1CC(=O)Nc1ccc(F)cc1N. The predicted octanol–water partition coefficient (Wildman–Crippen LogP) is 2.80. The highest BCUT2D eigenvalue weighted by Gasteiger charge is 2.27. The van der Waals surface area contributed by atoms with Crippen LogP contribution >= 0.6 is 0 Å². The summed E-state index contributed by atoms with van der Waals surface area (Å²) in [6.07, 6.45) is 0.933. The number of benzene rings is 2. The van der Waals surface area contributed by atoms with Crippen LogP contribution in [0.5, 0.6) is 0 Å². The Morgan fingerprint density at radius 1 is 1.36 bits per heavy atom. The molecule has 1 heterocycles. The van der Waals surface area contributed by atoms with E-state index in [9.17, 15) is 9.18 Å². The summed E-state index contributed by atoms with van der Waals surface area (Å²) in [4.78, 5) is 14.3. The number of carbonyl (C=O) groups is 1. The van der Waals surface area contributed by atoms with Gasteiger partial charge in [-0.15, -0.1) is 0 Å². The third-order valence-corrected chi connectivity index (χ3v) is 3.95. The average Bonchev–Trinajstić information content (AvgIpc) is 2.78. The molecule has 3 rings (SSSR count). The van der Waals surface area contributed by atoms with Crippen molar-refractivity contribution in [1.82, 2.24) is 0 Å². The molecular weight excluding hydrogens is 281 g/mol. The second-order valence-corrected chi connectivity index (χ2v) is 5.59. The van der Waals surface area contributed by atoms with Gasteiger partial charge in [-0.25, -0.2) is 4.39 Å². The van der Waals surface area contributed by atoms with Crippen LogP contribution in [0.4, 0.5) is 21.5 Å². The van der Waals surface area contributed by atoms with Crippen LogP contribution < -0.4 is 16.0 Å². The lowest BCUT2D eigenvalue weighted by Gasteiger charge is -2.24. The molecule has 3 N–H and O–H groups in total. The van der Waals surface area contributed by atoms with Gasteiger partial charge in [-0.05, 0) is 43.2 Å². The number of nitrogen functional groups attached to an aromatic ring is 1. The predicted molar refractivity (Wildman–Crippen MR) is 86.4 cm³/mol. The zero-order valence-corrected chi connectivity index (χ0v) is 12.3. The molecule has 0 fully saturated rings. The average molecular weight is 299 g/mol. The maximum absolute atomic E-state index is 13.0. The maximum Gasteiger partial charge on any atom is 0.243 e. The Kier molecular flexibility index (Phi) is 3.71. The monoisotopic (exact) mass is 299 g/mol. The highest BCUT2D eigenvalue weighted by Crippen LogP contribution is 2.31. The van der Waals surface area contributed by atoms with Gasteiger partial charge in [-0.2, -0.15) is 0 Å². The van der Waals surface area contributed by atoms with E-state index in [2.05, 4.69) is 23.2 Å². The van der Waals surface area contributed by atoms with Gasteiger partial charge >= 0.3 is 0 Å². The van der Waals surface area contributed by atoms with Crippen molar-refractivity contribution in [3.8, 4) is 0 Å². The topological polar surface area (TPSA) is 58.4 Å². The third kappa shape index (κ3) is 2.74. The summed E-state index contributed by atoms with van der Waals surface area (Å²) in [7, 11) is 0. The Morgan fingerprint density at radius 2 is 2.14 bits per heavy atom. The molecule has 0 aliphatic carbocycles. The van der Waals surface area contributed by atoms with Crippen molar-refractivity contribution in [2.24, 2.45) is 0 Å². The van der Waals surface area contributed by atoms with Crippen molar-refractivity contribution in [2.45, 2.75) is 19.4 Å². The second kappa shape index (κ2) is 5.67. The summed E-state index contributed by atoms with van der Waals surface area (Å²) >= 11 is 0. The molecule has 1 aliphatic heterocycles. The minimum absolute atomic E-state index is 0.165. The van der Waals surface area contributed by atoms with E-state index >= 15 is 0 Å². The number of nitrogens with one attached hydrogen (secondary N) is 1. The number of anilines is 3. The molecule has 4 nitrogen and oxygen atoms in total. The highest BCUT2D eigenvalue weighted by atomic mass is 19.1. The molecule has 0 bridgehead atoms. The molecule has 1 atom stereocenters. The summed E-state index contributed by atoms with van der Waals surface area (Å²) < 4.78 is 13.0. The van der Waals surface area contributed by atoms with Crippen molar-refractivity contribution in [3.63, 3.8) is 0 Å². The lowest BCUT2D eigenvalue weighted by Crippen LogP contribution is -2.37. The molecule has 22 heavy (non-hydrogen) atoms. The number of amides is 1. The molecular formula is C17H18FN3O. The van der Waals surface area contributed by atoms with Gasteiger partial charge in [0, 0.05) is 11.7 Å². The van der Waals surface area contributed by atoms with Gasteiger partial charge in [0.2, 0.25) is 5.91 Å². The Balaban J connectivity index is 1.72. The van der Waals surface area contributed by atoms with E-state index in [0.29, 0.717) is 5.69 Å². The van der Waals surface area contributed by atoms with Gasteiger partial charge in [0.15, 0.2) is 0 Å². The van der Waals surface area contributed by atoms with Crippen molar-refractivity contribution in [2.75, 3.05) is 22.5 Å². The van der Waals surface area contributed by atoms with Crippen LogP contribution in [0.2, 0.25) is 0 Å². The quantitative estimate of drug-likeness (QED) is 0.857. The largest absolute Gasteiger partial charge is 0.397 e. The van der Waals surface area contributed by atoms with Crippen molar-refractivity contribution < 1.29 is 9.18 Å². The number of para-hydroxylation sites is 1. The summed E-state index contributed by atoms with van der Waals surface area (Å²) in [5, 5.41) is 2.74. The van der Waals surface area contributed by atoms with Crippen LogP contribution in [0, 0.1) is 5.82 Å². The molecule has 0 radical (unpaired) electrons. The van der Waals surface area contributed by atoms with Crippen LogP contribution in [0.3, 0.4) is 0 Å². The van der Waals surface area contributed by atoms with E-state index in [1.54, 1.807) is 0 Å². The zero-order chi connectivity index (χ0) is 15.7. The molecule has 0 saturated carbocycles. The first-order valence-electron chi connectivity index (χ1n) is 7.24. The molecule has 0 spiro atoms. The van der Waals surface area contributed by atoms with Crippen LogP contribution in [0.1, 0.15) is 12.5 Å². The minimum atomic E-state index is -0.419. The van der Waals surface area contributed by atoms with Gasteiger partial charge in [0.1, 0.15) is 5.82 Å². The molecule has 5 heteroatoms. The molecule has 0 saturated heterocycles. The van der Waals surface area contributed by atoms with E-state index in [1.165, 1.54) is 23.8 Å². The number of carbonyl (C=O) groups excluding carboxylic acids is 1. The summed E-state index contributed by atoms with van der Waals surface area (Å²) in [6, 6.07) is 12.3. The standard InChI is InChI=1S/C17H18FN3O/c1-11-8-12-4-2-3-5-16(12)21(11)10-17(22)20-15-7-6-13(18)9-14(15)19/h2-7,9,11H,8,10,19H2,1H3,(H,20,22). The maximum atomic E-state index is 13.0. The molecule has 1 aliphatic rings. The van der Waals surface area contributed by atoms with E-state index in [0.717, 1.165) is 12.1 Å². The number of nitrogens with two attached hydrogens (primary N) is 1. The van der Waals surface area contributed by atoms with E-state index in [4.69, 9.17) is 5.73 Å². The Bertz CT molecular complexity index is 717. The number of rotatable bonds is 3. The van der Waals surface area contributed by atoms with E-state index in [-0.39, 0.29) is 24.2 Å². The van der Waals surface area contributed by atoms with E-state index < -0.39 is 5.82 Å². The molecule has 114 valence electrons. The summed E-state index contributed by atoms with van der Waals surface area (Å²) in [5.74, 6) is -0.584. The van der Waals surface area contributed by atoms with E-state index in [1.807, 2.05) is 18.2 Å². The van der Waals surface area contributed by atoms with Crippen LogP contribution in [0.25, 0.3) is 0 Å². The number of hydrogen-bond acceptors (Lipinski definition) is 3. The first kappa shape index (κ1) is 14.4. The Labute approximate surface area is 128 Å². The van der Waals surface area contributed by atoms with Crippen LogP contribution in [-0.4, -0.2) is 18.5 Å². The highest BCUT2D eigenvalue weighted by molar-refractivity contribution is 5.97. The van der Waals surface area contributed by atoms with Crippen molar-refractivity contribution in [1.29, 1.82) is 0 Å². The van der Waals surface area contributed by atoms with Crippen molar-refractivity contribution in [3.05, 3.63) is 53.8 Å². The smallest absolute Gasteiger partial charge is 0.243 e. The van der Waals surface area contributed by atoms with Gasteiger partial charge in [0.05, 0.1) is 17.9 Å². The van der Waals surface area contributed by atoms with Crippen LogP contribution in [0.15, 0.2) is 42.5 Å². The molecule has 1 amide bonds. The third-order valence-electron chi connectivity index (χ3n) is 3.95. The fourth-order valence-electron chi connectivity index (χ4n) is 2.86. The normalized spacial score (nSPS) is 16.5. The second-order valence-electron chi connectivity index (χ2n) is 5.59. The minimum Gasteiger partial charge on any atom is -0.397 e. The number of nitrogens with zero attached hydrogens (tertiary/aromatic N) is 1. The van der Waals surface area contributed by atoms with Gasteiger partial charge in [0.25, 0.3) is 0 Å². The fourth-order valence-corrected chi connectivity index (χ4v) is 2.86. The van der Waals surface area contributed by atoms with Crippen LogP contribution in [-0.2, 0) is 11.2 Å².